The first-order chi connectivity index (χ1) is 12.7. The van der Waals surface area contributed by atoms with Crippen LogP contribution in [0.2, 0.25) is 0 Å². The Bertz CT molecular complexity index is 879. The number of furan rings is 1. The number of thiazole rings is 1. The quantitative estimate of drug-likeness (QED) is 0.743. The number of nitrogens with one attached hydrogen (secondary N) is 1. The molecule has 0 aliphatic carbocycles. The van der Waals surface area contributed by atoms with Crippen molar-refractivity contribution in [3.8, 4) is 9.88 Å². The highest BCUT2D eigenvalue weighted by Gasteiger charge is 2.26. The number of aromatic nitrogens is 1. The Hall–Kier alpha value is -2.45. The molecule has 0 bridgehead atoms. The van der Waals surface area contributed by atoms with E-state index in [1.54, 1.807) is 27.7 Å². The number of likely N-dealkylation sites (tertiary alicyclic amines) is 1. The molecule has 1 N–H and O–H groups in total. The fraction of sp³-hybridized carbons (Fsp3) is 0.278. The van der Waals surface area contributed by atoms with Crippen molar-refractivity contribution >= 4 is 34.5 Å². The van der Waals surface area contributed by atoms with Crippen molar-refractivity contribution in [1.29, 1.82) is 0 Å². The predicted octanol–water partition coefficient (Wildman–Crippen LogP) is 3.50. The van der Waals surface area contributed by atoms with E-state index in [9.17, 15) is 9.59 Å². The first-order valence-electron chi connectivity index (χ1n) is 8.32. The molecule has 3 aromatic heterocycles. The average molecular weight is 387 g/mol. The van der Waals surface area contributed by atoms with Gasteiger partial charge in [0.2, 0.25) is 0 Å². The lowest BCUT2D eigenvalue weighted by atomic mass is 10.0. The first-order valence-corrected chi connectivity index (χ1v) is 10.1. The van der Waals surface area contributed by atoms with Crippen LogP contribution in [0.1, 0.15) is 33.7 Å². The molecule has 1 saturated heterocycles. The molecule has 26 heavy (non-hydrogen) atoms. The molecule has 1 aliphatic heterocycles. The van der Waals surface area contributed by atoms with E-state index >= 15 is 0 Å². The summed E-state index contributed by atoms with van der Waals surface area (Å²) in [6.07, 6.45) is 4.43. The zero-order valence-electron chi connectivity index (χ0n) is 13.9. The highest BCUT2D eigenvalue weighted by molar-refractivity contribution is 7.20. The number of carbonyl (C=O) groups is 2. The maximum Gasteiger partial charge on any atom is 0.270 e. The molecule has 4 rings (SSSR count). The van der Waals surface area contributed by atoms with Crippen LogP contribution in [-0.4, -0.2) is 40.8 Å². The molecule has 0 unspecified atom stereocenters. The van der Waals surface area contributed by atoms with Crippen LogP contribution in [0.5, 0.6) is 0 Å². The molecule has 3 aromatic rings. The van der Waals surface area contributed by atoms with Gasteiger partial charge in [0.05, 0.1) is 16.7 Å². The summed E-state index contributed by atoms with van der Waals surface area (Å²) < 4.78 is 4.97. The molecule has 0 atom stereocenters. The molecular weight excluding hydrogens is 370 g/mol. The average Bonchev–Trinajstić information content (AvgIpc) is 3.43. The second-order valence-corrected chi connectivity index (χ2v) is 7.87. The van der Waals surface area contributed by atoms with E-state index in [2.05, 4.69) is 10.3 Å². The van der Waals surface area contributed by atoms with Crippen molar-refractivity contribution in [2.45, 2.75) is 18.9 Å². The monoisotopic (exact) mass is 387 g/mol. The fourth-order valence-corrected chi connectivity index (χ4v) is 4.56. The zero-order valence-corrected chi connectivity index (χ0v) is 15.5. The van der Waals surface area contributed by atoms with Gasteiger partial charge in [-0.2, -0.15) is 0 Å². The zero-order chi connectivity index (χ0) is 17.9. The van der Waals surface area contributed by atoms with E-state index in [1.807, 2.05) is 17.5 Å². The third-order valence-electron chi connectivity index (χ3n) is 4.35. The minimum absolute atomic E-state index is 0.0244. The van der Waals surface area contributed by atoms with Crippen molar-refractivity contribution in [2.24, 2.45) is 0 Å². The highest BCUT2D eigenvalue weighted by atomic mass is 32.1. The Kier molecular flexibility index (Phi) is 4.85. The number of amides is 2. The Labute approximate surface area is 158 Å². The Morgan fingerprint density at radius 1 is 1.23 bits per heavy atom. The minimum atomic E-state index is -0.149. The molecule has 134 valence electrons. The van der Waals surface area contributed by atoms with Gasteiger partial charge in [0.25, 0.3) is 11.8 Å². The van der Waals surface area contributed by atoms with Crippen molar-refractivity contribution < 1.29 is 14.0 Å². The molecular formula is C18H17N3O3S2. The smallest absolute Gasteiger partial charge is 0.270 e. The van der Waals surface area contributed by atoms with Crippen LogP contribution >= 0.6 is 22.7 Å². The molecule has 8 heteroatoms. The van der Waals surface area contributed by atoms with Crippen molar-refractivity contribution in [3.05, 3.63) is 52.7 Å². The fourth-order valence-electron chi connectivity index (χ4n) is 2.95. The number of rotatable bonds is 4. The van der Waals surface area contributed by atoms with Crippen LogP contribution in [0.3, 0.4) is 0 Å². The number of hydrogen-bond donors (Lipinski definition) is 1. The van der Waals surface area contributed by atoms with Gasteiger partial charge in [0.15, 0.2) is 0 Å². The van der Waals surface area contributed by atoms with Gasteiger partial charge in [-0.1, -0.05) is 6.07 Å². The van der Waals surface area contributed by atoms with Crippen LogP contribution in [0.4, 0.5) is 0 Å². The third kappa shape index (κ3) is 3.56. The Morgan fingerprint density at radius 3 is 2.77 bits per heavy atom. The molecule has 6 nitrogen and oxygen atoms in total. The first kappa shape index (κ1) is 17.0. The van der Waals surface area contributed by atoms with Gasteiger partial charge < -0.3 is 14.6 Å². The van der Waals surface area contributed by atoms with E-state index in [1.165, 1.54) is 23.9 Å². The van der Waals surface area contributed by atoms with Gasteiger partial charge >= 0.3 is 0 Å². The molecule has 1 aliphatic rings. The van der Waals surface area contributed by atoms with E-state index in [-0.39, 0.29) is 17.9 Å². The number of nitrogens with zero attached hydrogens (tertiary/aromatic N) is 2. The molecule has 0 spiro atoms. The summed E-state index contributed by atoms with van der Waals surface area (Å²) in [6, 6.07) is 5.70. The van der Waals surface area contributed by atoms with E-state index in [0.29, 0.717) is 24.3 Å². The molecule has 4 heterocycles. The van der Waals surface area contributed by atoms with E-state index in [4.69, 9.17) is 4.42 Å². The number of piperidine rings is 1. The summed E-state index contributed by atoms with van der Waals surface area (Å²) in [5.41, 5.74) is 1.02. The lowest BCUT2D eigenvalue weighted by Gasteiger charge is -2.32. The van der Waals surface area contributed by atoms with Crippen LogP contribution in [0.15, 0.2) is 45.9 Å². The van der Waals surface area contributed by atoms with Gasteiger partial charge in [-0.25, -0.2) is 4.98 Å². The Balaban J connectivity index is 1.31. The van der Waals surface area contributed by atoms with Gasteiger partial charge in [-0.05, 0) is 30.4 Å². The summed E-state index contributed by atoms with van der Waals surface area (Å²) >= 11 is 3.09. The van der Waals surface area contributed by atoms with Crippen LogP contribution in [-0.2, 0) is 0 Å². The predicted molar refractivity (Wildman–Crippen MR) is 101 cm³/mol. The maximum absolute atomic E-state index is 12.4. The van der Waals surface area contributed by atoms with Crippen LogP contribution in [0, 0.1) is 0 Å². The topological polar surface area (TPSA) is 75.4 Å². The van der Waals surface area contributed by atoms with Gasteiger partial charge in [0.1, 0.15) is 17.0 Å². The summed E-state index contributed by atoms with van der Waals surface area (Å²) in [4.78, 5) is 32.0. The van der Waals surface area contributed by atoms with Gasteiger partial charge in [-0.3, -0.25) is 9.59 Å². The maximum atomic E-state index is 12.4. The summed E-state index contributed by atoms with van der Waals surface area (Å²) in [6.45, 7) is 1.24. The second kappa shape index (κ2) is 7.43. The van der Waals surface area contributed by atoms with E-state index in [0.717, 1.165) is 22.7 Å². The van der Waals surface area contributed by atoms with Gasteiger partial charge in [0, 0.05) is 24.5 Å². The summed E-state index contributed by atoms with van der Waals surface area (Å²) in [5, 5.41) is 7.70. The van der Waals surface area contributed by atoms with Crippen molar-refractivity contribution in [2.75, 3.05) is 13.1 Å². The lowest BCUT2D eigenvalue weighted by molar-refractivity contribution is 0.0697. The Morgan fingerprint density at radius 2 is 2.08 bits per heavy atom. The SMILES string of the molecule is O=C(NC1CCN(C(=O)c2ccoc2)CC1)c1csc(-c2cccs2)n1. The normalized spacial score (nSPS) is 15.2. The van der Waals surface area contributed by atoms with Gasteiger partial charge in [-0.15, -0.1) is 22.7 Å². The second-order valence-electron chi connectivity index (χ2n) is 6.07. The van der Waals surface area contributed by atoms with Crippen molar-refractivity contribution in [1.82, 2.24) is 15.2 Å². The molecule has 2 amide bonds. The van der Waals surface area contributed by atoms with E-state index < -0.39 is 0 Å². The van der Waals surface area contributed by atoms with Crippen LogP contribution < -0.4 is 5.32 Å². The number of hydrogen-bond acceptors (Lipinski definition) is 6. The standard InChI is InChI=1S/C18H17N3O3S2/c22-16(14-11-26-17(20-14)15-2-1-9-25-15)19-13-3-6-21(7-4-13)18(23)12-5-8-24-10-12/h1-2,5,8-11,13H,3-4,6-7H2,(H,19,22). The molecule has 0 saturated carbocycles. The third-order valence-corrected chi connectivity index (χ3v) is 6.24. The molecule has 0 radical (unpaired) electrons. The number of thiophene rings is 1. The molecule has 0 aromatic carbocycles. The number of carbonyl (C=O) groups excluding carboxylic acids is 2. The minimum Gasteiger partial charge on any atom is -0.472 e. The van der Waals surface area contributed by atoms with Crippen molar-refractivity contribution in [3.63, 3.8) is 0 Å². The van der Waals surface area contributed by atoms with Crippen LogP contribution in [0.25, 0.3) is 9.88 Å². The summed E-state index contributed by atoms with van der Waals surface area (Å²) in [7, 11) is 0. The highest BCUT2D eigenvalue weighted by Crippen LogP contribution is 2.27. The molecule has 1 fully saturated rings. The lowest BCUT2D eigenvalue weighted by Crippen LogP contribution is -2.46. The summed E-state index contributed by atoms with van der Waals surface area (Å²) in [5.74, 6) is -0.174. The largest absolute Gasteiger partial charge is 0.472 e.